The number of allylic oxidation sites excluding steroid dienone is 2. The molecule has 2 saturated carbocycles. The summed E-state index contributed by atoms with van der Waals surface area (Å²) in [6.07, 6.45) is 8.24. The molecule has 0 radical (unpaired) electrons. The fraction of sp³-hybridized carbons (Fsp3) is 0.657. The minimum atomic E-state index is -0.779. The standard InChI is InChI=1S/C35H49N3O5/c1-21(10-9-16-34(3,4)43)27-13-14-28-26-20-30(25-18-24(39)19-31(40)22(25)2)38-33(42)36(23-11-7-6-8-12-23)32(41)37(38)29(26)15-17-35(27,28)5/h6-8,11-12,20-21,24,27-31,39-40,43H,9-10,13-19H2,1-5H3/t21-,24-,27-,28+,29+,30+,31+,35-/m1/s1. The van der Waals surface area contributed by atoms with Gasteiger partial charge in [0.25, 0.3) is 0 Å². The lowest BCUT2D eigenvalue weighted by atomic mass is 9.59. The SMILES string of the molecule is CC1=C([C@@H]2C=C3[C@H](CC[C@]4(C)[C@@H]([C@H](C)CCCC(C)(C)O)CC[C@@H]34)n3c(=O)n(-c4ccccc4)c(=O)n32)C[C@@H](O)C[C@@H]1O. The summed E-state index contributed by atoms with van der Waals surface area (Å²) < 4.78 is 4.61. The molecule has 0 amide bonds. The summed E-state index contributed by atoms with van der Waals surface area (Å²) in [5.74, 6) is 1.38. The Labute approximate surface area is 254 Å². The first-order valence-electron chi connectivity index (χ1n) is 16.3. The average molecular weight is 592 g/mol. The second-order valence-corrected chi connectivity index (χ2v) is 14.8. The van der Waals surface area contributed by atoms with Gasteiger partial charge < -0.3 is 15.3 Å². The highest BCUT2D eigenvalue weighted by Crippen LogP contribution is 2.62. The molecule has 43 heavy (non-hydrogen) atoms. The highest BCUT2D eigenvalue weighted by molar-refractivity contribution is 5.37. The molecule has 1 aromatic carbocycles. The van der Waals surface area contributed by atoms with E-state index in [0.717, 1.165) is 56.1 Å². The molecular formula is C35H49N3O5. The normalized spacial score (nSPS) is 33.1. The fourth-order valence-corrected chi connectivity index (χ4v) is 9.31. The molecular weight excluding hydrogens is 542 g/mol. The van der Waals surface area contributed by atoms with Crippen molar-refractivity contribution in [3.05, 3.63) is 74.1 Å². The zero-order valence-electron chi connectivity index (χ0n) is 26.4. The van der Waals surface area contributed by atoms with Gasteiger partial charge >= 0.3 is 11.4 Å². The molecule has 2 aromatic rings. The molecule has 234 valence electrons. The van der Waals surface area contributed by atoms with Crippen LogP contribution in [0.5, 0.6) is 0 Å². The molecule has 0 unspecified atom stereocenters. The van der Waals surface area contributed by atoms with E-state index in [1.165, 1.54) is 10.1 Å². The number of aliphatic hydroxyl groups is 3. The largest absolute Gasteiger partial charge is 0.393 e. The molecule has 1 aliphatic heterocycles. The topological polar surface area (TPSA) is 110 Å². The second kappa shape index (κ2) is 11.0. The van der Waals surface area contributed by atoms with Gasteiger partial charge in [0.2, 0.25) is 0 Å². The van der Waals surface area contributed by atoms with Crippen LogP contribution in [-0.4, -0.2) is 47.1 Å². The monoisotopic (exact) mass is 591 g/mol. The van der Waals surface area contributed by atoms with Gasteiger partial charge in [0.15, 0.2) is 0 Å². The lowest BCUT2D eigenvalue weighted by molar-refractivity contribution is 0.0538. The summed E-state index contributed by atoms with van der Waals surface area (Å²) in [4.78, 5) is 28.4. The Balaban J connectivity index is 1.44. The van der Waals surface area contributed by atoms with Gasteiger partial charge in [0, 0.05) is 6.42 Å². The number of fused-ring (bicyclic) bond motifs is 5. The molecule has 8 atom stereocenters. The van der Waals surface area contributed by atoms with Crippen LogP contribution in [0.1, 0.15) is 104 Å². The maximum Gasteiger partial charge on any atom is 0.352 e. The fourth-order valence-electron chi connectivity index (χ4n) is 9.31. The number of aromatic nitrogens is 3. The zero-order valence-corrected chi connectivity index (χ0v) is 26.4. The number of rotatable bonds is 7. The molecule has 3 aliphatic carbocycles. The third kappa shape index (κ3) is 5.13. The third-order valence-electron chi connectivity index (χ3n) is 11.5. The van der Waals surface area contributed by atoms with E-state index >= 15 is 0 Å². The minimum Gasteiger partial charge on any atom is -0.393 e. The van der Waals surface area contributed by atoms with Crippen molar-refractivity contribution in [2.75, 3.05) is 0 Å². The summed E-state index contributed by atoms with van der Waals surface area (Å²) in [6, 6.07) is 8.38. The van der Waals surface area contributed by atoms with E-state index in [1.807, 2.05) is 39.0 Å². The number of para-hydroxylation sites is 1. The van der Waals surface area contributed by atoms with E-state index in [9.17, 15) is 24.9 Å². The quantitative estimate of drug-likeness (QED) is 0.390. The van der Waals surface area contributed by atoms with E-state index in [4.69, 9.17) is 0 Å². The van der Waals surface area contributed by atoms with Crippen LogP contribution >= 0.6 is 0 Å². The van der Waals surface area contributed by atoms with Crippen LogP contribution in [0.2, 0.25) is 0 Å². The molecule has 4 aliphatic rings. The van der Waals surface area contributed by atoms with Gasteiger partial charge in [-0.15, -0.1) is 0 Å². The number of hydrogen-bond donors (Lipinski definition) is 3. The van der Waals surface area contributed by atoms with E-state index in [-0.39, 0.29) is 29.3 Å². The summed E-state index contributed by atoms with van der Waals surface area (Å²) >= 11 is 0. The molecule has 1 aromatic heterocycles. The Morgan fingerprint density at radius 2 is 1.74 bits per heavy atom. The first-order valence-corrected chi connectivity index (χ1v) is 16.3. The predicted octanol–water partition coefficient (Wildman–Crippen LogP) is 5.06. The van der Waals surface area contributed by atoms with E-state index in [1.54, 1.807) is 21.5 Å². The summed E-state index contributed by atoms with van der Waals surface area (Å²) in [6.45, 7) is 10.5. The van der Waals surface area contributed by atoms with Crippen LogP contribution in [0.15, 0.2) is 62.7 Å². The van der Waals surface area contributed by atoms with Gasteiger partial charge in [-0.05, 0) is 111 Å². The molecule has 0 bridgehead atoms. The van der Waals surface area contributed by atoms with Crippen molar-refractivity contribution in [3.63, 3.8) is 0 Å². The third-order valence-corrected chi connectivity index (χ3v) is 11.5. The number of benzene rings is 1. The smallest absolute Gasteiger partial charge is 0.352 e. The Bertz CT molecular complexity index is 1540. The molecule has 2 fully saturated rings. The van der Waals surface area contributed by atoms with Crippen molar-refractivity contribution < 1.29 is 15.3 Å². The first-order chi connectivity index (χ1) is 20.3. The summed E-state index contributed by atoms with van der Waals surface area (Å²) in [5.41, 5.74) is 2.13. The van der Waals surface area contributed by atoms with Gasteiger partial charge in [0.05, 0.1) is 35.6 Å². The highest BCUT2D eigenvalue weighted by Gasteiger charge is 2.55. The lowest BCUT2D eigenvalue weighted by Gasteiger charge is -2.49. The van der Waals surface area contributed by atoms with Gasteiger partial charge in [-0.25, -0.2) is 23.5 Å². The lowest BCUT2D eigenvalue weighted by Crippen LogP contribution is -2.46. The van der Waals surface area contributed by atoms with Crippen molar-refractivity contribution in [1.82, 2.24) is 13.9 Å². The Morgan fingerprint density at radius 3 is 2.44 bits per heavy atom. The van der Waals surface area contributed by atoms with E-state index < -0.39 is 23.9 Å². The van der Waals surface area contributed by atoms with Crippen LogP contribution in [-0.2, 0) is 0 Å². The van der Waals surface area contributed by atoms with E-state index in [2.05, 4.69) is 19.9 Å². The highest BCUT2D eigenvalue weighted by atomic mass is 16.3. The molecule has 8 heteroatoms. The maximum absolute atomic E-state index is 14.2. The second-order valence-electron chi connectivity index (χ2n) is 14.8. The molecule has 0 spiro atoms. The van der Waals surface area contributed by atoms with Crippen LogP contribution in [0.25, 0.3) is 5.69 Å². The van der Waals surface area contributed by atoms with Crippen LogP contribution in [0.3, 0.4) is 0 Å². The minimum absolute atomic E-state index is 0.0874. The maximum atomic E-state index is 14.2. The number of nitrogens with zero attached hydrogens (tertiary/aromatic N) is 3. The van der Waals surface area contributed by atoms with Gasteiger partial charge in [0.1, 0.15) is 0 Å². The summed E-state index contributed by atoms with van der Waals surface area (Å²) in [7, 11) is 0. The first kappa shape index (κ1) is 30.4. The number of aliphatic hydroxyl groups excluding tert-OH is 2. The van der Waals surface area contributed by atoms with Crippen molar-refractivity contribution in [2.45, 2.75) is 122 Å². The Hall–Kier alpha value is -2.68. The van der Waals surface area contributed by atoms with Gasteiger partial charge in [-0.1, -0.05) is 51.0 Å². The summed E-state index contributed by atoms with van der Waals surface area (Å²) in [5, 5.41) is 31.8. The van der Waals surface area contributed by atoms with E-state index in [0.29, 0.717) is 29.9 Å². The molecule has 2 heterocycles. The Kier molecular flexibility index (Phi) is 7.79. The van der Waals surface area contributed by atoms with Gasteiger partial charge in [-0.3, -0.25) is 0 Å². The van der Waals surface area contributed by atoms with Crippen molar-refractivity contribution in [1.29, 1.82) is 0 Å². The van der Waals surface area contributed by atoms with Crippen molar-refractivity contribution in [2.24, 2.45) is 23.2 Å². The predicted molar refractivity (Wildman–Crippen MR) is 167 cm³/mol. The molecule has 8 nitrogen and oxygen atoms in total. The van der Waals surface area contributed by atoms with Crippen LogP contribution < -0.4 is 11.4 Å². The number of hydrogen-bond acceptors (Lipinski definition) is 5. The van der Waals surface area contributed by atoms with Crippen molar-refractivity contribution >= 4 is 0 Å². The van der Waals surface area contributed by atoms with Crippen LogP contribution in [0, 0.1) is 23.2 Å². The van der Waals surface area contributed by atoms with Crippen molar-refractivity contribution in [3.8, 4) is 5.69 Å². The zero-order chi connectivity index (χ0) is 30.8. The average Bonchev–Trinajstić information content (AvgIpc) is 3.43. The van der Waals surface area contributed by atoms with Gasteiger partial charge in [-0.2, -0.15) is 0 Å². The molecule has 6 rings (SSSR count). The molecule has 3 N–H and O–H groups in total. The van der Waals surface area contributed by atoms with Crippen LogP contribution in [0.4, 0.5) is 0 Å². The molecule has 0 saturated heterocycles. The Morgan fingerprint density at radius 1 is 1.05 bits per heavy atom.